The SMILES string of the molecule is O=C([O-])c1cc([N+](=O)[O-])ccc1Cl.[Na+]. The van der Waals surface area contributed by atoms with E-state index in [1.54, 1.807) is 0 Å². The second kappa shape index (κ2) is 5.31. The summed E-state index contributed by atoms with van der Waals surface area (Å²) in [7, 11) is 0. The molecule has 1 aromatic carbocycles. The third-order valence-corrected chi connectivity index (χ3v) is 1.71. The van der Waals surface area contributed by atoms with Crippen LogP contribution < -0.4 is 34.7 Å². The molecule has 0 saturated carbocycles. The molecule has 0 amide bonds. The van der Waals surface area contributed by atoms with E-state index in [9.17, 15) is 20.0 Å². The Bertz CT molecular complexity index is 382. The van der Waals surface area contributed by atoms with Crippen molar-refractivity contribution < 1.29 is 44.4 Å². The van der Waals surface area contributed by atoms with Crippen LogP contribution in [-0.2, 0) is 0 Å². The maximum atomic E-state index is 10.4. The second-order valence-electron chi connectivity index (χ2n) is 2.21. The number of nitrogens with zero attached hydrogens (tertiary/aromatic N) is 1. The third kappa shape index (κ3) is 2.95. The van der Waals surface area contributed by atoms with Gasteiger partial charge in [0, 0.05) is 17.7 Å². The molecule has 7 heteroatoms. The number of nitro benzene ring substituents is 1. The molecule has 0 fully saturated rings. The van der Waals surface area contributed by atoms with Crippen molar-refractivity contribution in [3.8, 4) is 0 Å². The molecular weight excluding hydrogens is 221 g/mol. The van der Waals surface area contributed by atoms with E-state index < -0.39 is 10.9 Å². The first-order valence-corrected chi connectivity index (χ1v) is 3.55. The van der Waals surface area contributed by atoms with Gasteiger partial charge in [0.15, 0.2) is 0 Å². The Kier molecular flexibility index (Phi) is 5.07. The molecule has 0 bridgehead atoms. The predicted octanol–water partition coefficient (Wildman–Crippen LogP) is -2.38. The summed E-state index contributed by atoms with van der Waals surface area (Å²) in [5.74, 6) is -1.53. The fourth-order valence-electron chi connectivity index (χ4n) is 0.783. The Balaban J connectivity index is 0.00000169. The zero-order valence-electron chi connectivity index (χ0n) is 7.19. The fourth-order valence-corrected chi connectivity index (χ4v) is 0.978. The van der Waals surface area contributed by atoms with Gasteiger partial charge in [-0.3, -0.25) is 10.1 Å². The quantitative estimate of drug-likeness (QED) is 0.318. The van der Waals surface area contributed by atoms with E-state index in [2.05, 4.69) is 0 Å². The molecule has 1 rings (SSSR count). The standard InChI is InChI=1S/C7H4ClNO4.Na/c8-6-2-1-4(9(12)13)3-5(6)7(10)11;/h1-3H,(H,10,11);/q;+1/p-1. The molecule has 0 aliphatic carbocycles. The Morgan fingerprint density at radius 2 is 2.00 bits per heavy atom. The van der Waals surface area contributed by atoms with Crippen molar-refractivity contribution >= 4 is 23.3 Å². The first kappa shape index (κ1) is 13.4. The minimum absolute atomic E-state index is 0. The Labute approximate surface area is 106 Å². The normalized spacial score (nSPS) is 8.93. The number of benzene rings is 1. The van der Waals surface area contributed by atoms with Gasteiger partial charge in [-0.25, -0.2) is 0 Å². The van der Waals surface area contributed by atoms with Crippen molar-refractivity contribution in [3.05, 3.63) is 38.9 Å². The molecule has 14 heavy (non-hydrogen) atoms. The Morgan fingerprint density at radius 3 is 2.43 bits per heavy atom. The predicted molar refractivity (Wildman–Crippen MR) is 42.4 cm³/mol. The fraction of sp³-hybridized carbons (Fsp3) is 0. The minimum atomic E-state index is -1.53. The van der Waals surface area contributed by atoms with Gasteiger partial charge in [0.1, 0.15) is 0 Å². The van der Waals surface area contributed by atoms with Gasteiger partial charge in [0.25, 0.3) is 5.69 Å². The van der Waals surface area contributed by atoms with Crippen LogP contribution in [0.4, 0.5) is 5.69 Å². The molecule has 0 radical (unpaired) electrons. The van der Waals surface area contributed by atoms with Crippen LogP contribution in [0, 0.1) is 10.1 Å². The molecule has 0 saturated heterocycles. The van der Waals surface area contributed by atoms with Gasteiger partial charge >= 0.3 is 29.6 Å². The number of hydrogen-bond acceptors (Lipinski definition) is 4. The van der Waals surface area contributed by atoms with Crippen LogP contribution in [0.25, 0.3) is 0 Å². The molecule has 0 atom stereocenters. The van der Waals surface area contributed by atoms with Crippen molar-refractivity contribution in [2.45, 2.75) is 0 Å². The number of carbonyl (C=O) groups is 1. The molecule has 0 spiro atoms. The second-order valence-corrected chi connectivity index (χ2v) is 2.62. The molecule has 0 heterocycles. The van der Waals surface area contributed by atoms with Crippen molar-refractivity contribution in [2.24, 2.45) is 0 Å². The number of non-ortho nitro benzene ring substituents is 1. The van der Waals surface area contributed by atoms with Crippen LogP contribution in [0.2, 0.25) is 5.02 Å². The molecule has 0 aliphatic rings. The summed E-state index contributed by atoms with van der Waals surface area (Å²) in [6.07, 6.45) is 0. The molecule has 1 aromatic rings. The number of halogens is 1. The molecule has 0 unspecified atom stereocenters. The van der Waals surface area contributed by atoms with E-state index in [0.29, 0.717) is 0 Å². The van der Waals surface area contributed by atoms with Crippen LogP contribution in [0.1, 0.15) is 10.4 Å². The first-order chi connectivity index (χ1) is 6.02. The summed E-state index contributed by atoms with van der Waals surface area (Å²) in [5.41, 5.74) is -0.709. The summed E-state index contributed by atoms with van der Waals surface area (Å²) < 4.78 is 0. The smallest absolute Gasteiger partial charge is 0.545 e. The molecule has 68 valence electrons. The van der Waals surface area contributed by atoms with Gasteiger partial charge in [-0.2, -0.15) is 0 Å². The maximum absolute atomic E-state index is 10.4. The van der Waals surface area contributed by atoms with Crippen LogP contribution in [-0.4, -0.2) is 10.9 Å². The Morgan fingerprint density at radius 1 is 1.43 bits per heavy atom. The summed E-state index contributed by atoms with van der Waals surface area (Å²) in [5, 5.41) is 20.5. The van der Waals surface area contributed by atoms with Crippen LogP contribution in [0.5, 0.6) is 0 Å². The van der Waals surface area contributed by atoms with E-state index in [-0.39, 0.29) is 45.8 Å². The number of rotatable bonds is 2. The molecule has 0 N–H and O–H groups in total. The number of carbonyl (C=O) groups excluding carboxylic acids is 1. The molecule has 0 aromatic heterocycles. The van der Waals surface area contributed by atoms with Crippen molar-refractivity contribution in [1.82, 2.24) is 0 Å². The van der Waals surface area contributed by atoms with Crippen molar-refractivity contribution in [1.29, 1.82) is 0 Å². The number of aromatic carboxylic acids is 1. The zero-order chi connectivity index (χ0) is 10.0. The maximum Gasteiger partial charge on any atom is 1.00 e. The number of carboxylic acid groups (broad SMARTS) is 1. The average Bonchev–Trinajstić information content (AvgIpc) is 2.04. The van der Waals surface area contributed by atoms with E-state index in [1.807, 2.05) is 0 Å². The largest absolute Gasteiger partial charge is 1.00 e. The number of nitro groups is 1. The monoisotopic (exact) mass is 223 g/mol. The molecular formula is C7H3ClNNaO4. The summed E-state index contributed by atoms with van der Waals surface area (Å²) >= 11 is 5.45. The third-order valence-electron chi connectivity index (χ3n) is 1.38. The molecule has 5 nitrogen and oxygen atoms in total. The number of hydrogen-bond donors (Lipinski definition) is 0. The van der Waals surface area contributed by atoms with Crippen molar-refractivity contribution in [2.75, 3.05) is 0 Å². The summed E-state index contributed by atoms with van der Waals surface area (Å²) in [6, 6.07) is 3.12. The summed E-state index contributed by atoms with van der Waals surface area (Å²) in [4.78, 5) is 19.9. The van der Waals surface area contributed by atoms with Gasteiger partial charge in [-0.1, -0.05) is 11.6 Å². The number of carboxylic acids is 1. The Hall–Kier alpha value is -0.620. The van der Waals surface area contributed by atoms with Crippen molar-refractivity contribution in [3.63, 3.8) is 0 Å². The van der Waals surface area contributed by atoms with E-state index >= 15 is 0 Å². The zero-order valence-corrected chi connectivity index (χ0v) is 9.95. The molecule has 0 aliphatic heterocycles. The topological polar surface area (TPSA) is 83.3 Å². The van der Waals surface area contributed by atoms with Crippen LogP contribution >= 0.6 is 11.6 Å². The van der Waals surface area contributed by atoms with Crippen LogP contribution in [0.15, 0.2) is 18.2 Å². The van der Waals surface area contributed by atoms with E-state index in [0.717, 1.165) is 18.2 Å². The van der Waals surface area contributed by atoms with Gasteiger partial charge in [0.2, 0.25) is 0 Å². The van der Waals surface area contributed by atoms with E-state index in [1.165, 1.54) is 0 Å². The first-order valence-electron chi connectivity index (χ1n) is 3.17. The average molecular weight is 224 g/mol. The van der Waals surface area contributed by atoms with Gasteiger partial charge in [0.05, 0.1) is 15.9 Å². The van der Waals surface area contributed by atoms with Gasteiger partial charge in [-0.05, 0) is 6.07 Å². The summed E-state index contributed by atoms with van der Waals surface area (Å²) in [6.45, 7) is 0. The minimum Gasteiger partial charge on any atom is -0.545 e. The van der Waals surface area contributed by atoms with E-state index in [4.69, 9.17) is 11.6 Å². The van der Waals surface area contributed by atoms with Gasteiger partial charge < -0.3 is 9.90 Å². The van der Waals surface area contributed by atoms with Gasteiger partial charge in [-0.15, -0.1) is 0 Å². The van der Waals surface area contributed by atoms with Crippen LogP contribution in [0.3, 0.4) is 0 Å².